The molecule has 0 fully saturated rings. The maximum atomic E-state index is 11.6. The molecule has 0 aliphatic carbocycles. The smallest absolute Gasteiger partial charge is 0.226 e. The molecule has 0 aromatic heterocycles. The summed E-state index contributed by atoms with van der Waals surface area (Å²) >= 11 is 0. The predicted molar refractivity (Wildman–Crippen MR) is 64.8 cm³/mol. The molecule has 1 rings (SSSR count). The van der Waals surface area contributed by atoms with Crippen LogP contribution in [0.4, 0.5) is 5.69 Å². The maximum absolute atomic E-state index is 11.6. The Bertz CT molecular complexity index is 353. The van der Waals surface area contributed by atoms with Crippen LogP contribution in [-0.4, -0.2) is 26.1 Å². The number of rotatable bonds is 5. The molecule has 0 radical (unpaired) electrons. The molecule has 2 N–H and O–H groups in total. The topological polar surface area (TPSA) is 50.4 Å². The van der Waals surface area contributed by atoms with Gasteiger partial charge in [0.25, 0.3) is 0 Å². The molecule has 1 atom stereocenters. The van der Waals surface area contributed by atoms with E-state index in [0.29, 0.717) is 17.9 Å². The van der Waals surface area contributed by atoms with Crippen LogP contribution in [0.5, 0.6) is 5.75 Å². The molecule has 0 unspecified atom stereocenters. The van der Waals surface area contributed by atoms with Crippen molar-refractivity contribution in [3.8, 4) is 5.75 Å². The minimum atomic E-state index is -0.0219. The SMILES string of the molecule is CN[C@H](C)CC(=O)Nc1ccccc1OC. The summed E-state index contributed by atoms with van der Waals surface area (Å²) in [7, 11) is 3.42. The predicted octanol–water partition coefficient (Wildman–Crippen LogP) is 1.63. The fourth-order valence-electron chi connectivity index (χ4n) is 1.33. The molecule has 88 valence electrons. The zero-order valence-corrected chi connectivity index (χ0v) is 9.91. The molecule has 0 heterocycles. The quantitative estimate of drug-likeness (QED) is 0.796. The molecule has 0 spiro atoms. The second-order valence-electron chi connectivity index (χ2n) is 3.64. The van der Waals surface area contributed by atoms with Crippen LogP contribution in [0, 0.1) is 0 Å². The minimum absolute atomic E-state index is 0.0219. The highest BCUT2D eigenvalue weighted by Gasteiger charge is 2.09. The normalized spacial score (nSPS) is 11.9. The lowest BCUT2D eigenvalue weighted by atomic mass is 10.2. The van der Waals surface area contributed by atoms with Crippen molar-refractivity contribution in [1.29, 1.82) is 0 Å². The fourth-order valence-corrected chi connectivity index (χ4v) is 1.33. The molecule has 0 saturated carbocycles. The molecule has 0 aliphatic rings. The number of carbonyl (C=O) groups is 1. The molecule has 1 aromatic rings. The number of anilines is 1. The Morgan fingerprint density at radius 2 is 2.12 bits per heavy atom. The summed E-state index contributed by atoms with van der Waals surface area (Å²) in [6.07, 6.45) is 0.439. The molecule has 1 amide bonds. The number of para-hydroxylation sites is 2. The molecule has 0 bridgehead atoms. The molecular formula is C12H18N2O2. The van der Waals surface area contributed by atoms with Gasteiger partial charge in [-0.25, -0.2) is 0 Å². The van der Waals surface area contributed by atoms with Gasteiger partial charge in [0.1, 0.15) is 5.75 Å². The lowest BCUT2D eigenvalue weighted by Crippen LogP contribution is -2.27. The summed E-state index contributed by atoms with van der Waals surface area (Å²) in [4.78, 5) is 11.6. The van der Waals surface area contributed by atoms with Gasteiger partial charge in [0.05, 0.1) is 12.8 Å². The first-order valence-electron chi connectivity index (χ1n) is 5.27. The second kappa shape index (κ2) is 6.12. The van der Waals surface area contributed by atoms with Gasteiger partial charge in [-0.3, -0.25) is 4.79 Å². The van der Waals surface area contributed by atoms with Crippen molar-refractivity contribution in [2.45, 2.75) is 19.4 Å². The van der Waals surface area contributed by atoms with Gasteiger partial charge >= 0.3 is 0 Å². The number of hydrogen-bond acceptors (Lipinski definition) is 3. The van der Waals surface area contributed by atoms with E-state index in [1.54, 1.807) is 7.11 Å². The van der Waals surface area contributed by atoms with Crippen molar-refractivity contribution >= 4 is 11.6 Å². The Kier molecular flexibility index (Phi) is 4.79. The summed E-state index contributed by atoms with van der Waals surface area (Å²) in [5.74, 6) is 0.652. The van der Waals surface area contributed by atoms with E-state index in [0.717, 1.165) is 0 Å². The molecule has 1 aromatic carbocycles. The van der Waals surface area contributed by atoms with Gasteiger partial charge in [0.2, 0.25) is 5.91 Å². The third-order valence-electron chi connectivity index (χ3n) is 2.37. The van der Waals surface area contributed by atoms with Gasteiger partial charge in [0.15, 0.2) is 0 Å². The van der Waals surface area contributed by atoms with Crippen molar-refractivity contribution in [2.75, 3.05) is 19.5 Å². The van der Waals surface area contributed by atoms with Crippen molar-refractivity contribution in [3.05, 3.63) is 24.3 Å². The van der Waals surface area contributed by atoms with Crippen LogP contribution >= 0.6 is 0 Å². The monoisotopic (exact) mass is 222 g/mol. The lowest BCUT2D eigenvalue weighted by Gasteiger charge is -2.12. The fraction of sp³-hybridized carbons (Fsp3) is 0.417. The standard InChI is InChI=1S/C12H18N2O2/c1-9(13-2)8-12(15)14-10-6-4-5-7-11(10)16-3/h4-7,9,13H,8H2,1-3H3,(H,14,15)/t9-/m1/s1. The van der Waals surface area contributed by atoms with E-state index in [1.165, 1.54) is 0 Å². The van der Waals surface area contributed by atoms with Crippen LogP contribution in [0.2, 0.25) is 0 Å². The van der Waals surface area contributed by atoms with Crippen molar-refractivity contribution in [2.24, 2.45) is 0 Å². The number of methoxy groups -OCH3 is 1. The van der Waals surface area contributed by atoms with E-state index in [4.69, 9.17) is 4.74 Å². The van der Waals surface area contributed by atoms with Gasteiger partial charge < -0.3 is 15.4 Å². The van der Waals surface area contributed by atoms with Crippen molar-refractivity contribution < 1.29 is 9.53 Å². The highest BCUT2D eigenvalue weighted by Crippen LogP contribution is 2.23. The largest absolute Gasteiger partial charge is 0.495 e. The van der Waals surface area contributed by atoms with Gasteiger partial charge in [-0.1, -0.05) is 12.1 Å². The molecule has 0 saturated heterocycles. The van der Waals surface area contributed by atoms with Gasteiger partial charge in [-0.2, -0.15) is 0 Å². The van der Waals surface area contributed by atoms with E-state index < -0.39 is 0 Å². The average molecular weight is 222 g/mol. The van der Waals surface area contributed by atoms with Crippen LogP contribution < -0.4 is 15.4 Å². The first-order valence-corrected chi connectivity index (χ1v) is 5.27. The van der Waals surface area contributed by atoms with Crippen LogP contribution in [0.15, 0.2) is 24.3 Å². The van der Waals surface area contributed by atoms with Gasteiger partial charge in [0, 0.05) is 12.5 Å². The molecular weight excluding hydrogens is 204 g/mol. The molecule has 4 nitrogen and oxygen atoms in total. The van der Waals surface area contributed by atoms with E-state index in [-0.39, 0.29) is 11.9 Å². The Labute approximate surface area is 96.0 Å². The zero-order valence-electron chi connectivity index (χ0n) is 9.91. The number of hydrogen-bond donors (Lipinski definition) is 2. The lowest BCUT2D eigenvalue weighted by molar-refractivity contribution is -0.116. The first kappa shape index (κ1) is 12.5. The van der Waals surface area contributed by atoms with Gasteiger partial charge in [-0.15, -0.1) is 0 Å². The molecule has 0 aliphatic heterocycles. The van der Waals surface area contributed by atoms with Crippen molar-refractivity contribution in [3.63, 3.8) is 0 Å². The Hall–Kier alpha value is -1.55. The number of carbonyl (C=O) groups excluding carboxylic acids is 1. The summed E-state index contributed by atoms with van der Waals surface area (Å²) in [6.45, 7) is 1.96. The Morgan fingerprint density at radius 1 is 1.44 bits per heavy atom. The van der Waals surface area contributed by atoms with E-state index in [2.05, 4.69) is 10.6 Å². The van der Waals surface area contributed by atoms with Crippen LogP contribution in [0.3, 0.4) is 0 Å². The van der Waals surface area contributed by atoms with E-state index in [9.17, 15) is 4.79 Å². The minimum Gasteiger partial charge on any atom is -0.495 e. The third kappa shape index (κ3) is 3.55. The summed E-state index contributed by atoms with van der Waals surface area (Å²) in [6, 6.07) is 7.53. The number of nitrogens with one attached hydrogen (secondary N) is 2. The zero-order chi connectivity index (χ0) is 12.0. The maximum Gasteiger partial charge on any atom is 0.226 e. The highest BCUT2D eigenvalue weighted by atomic mass is 16.5. The van der Waals surface area contributed by atoms with Gasteiger partial charge in [-0.05, 0) is 26.1 Å². The summed E-state index contributed by atoms with van der Waals surface area (Å²) < 4.78 is 5.15. The first-order chi connectivity index (χ1) is 7.67. The van der Waals surface area contributed by atoms with Crippen LogP contribution in [-0.2, 0) is 4.79 Å². The third-order valence-corrected chi connectivity index (χ3v) is 2.37. The van der Waals surface area contributed by atoms with Crippen LogP contribution in [0.1, 0.15) is 13.3 Å². The molecule has 4 heteroatoms. The average Bonchev–Trinajstić information content (AvgIpc) is 2.29. The number of ether oxygens (including phenoxy) is 1. The Balaban J connectivity index is 2.62. The Morgan fingerprint density at radius 3 is 2.75 bits per heavy atom. The second-order valence-corrected chi connectivity index (χ2v) is 3.64. The van der Waals surface area contributed by atoms with E-state index in [1.807, 2.05) is 38.2 Å². The van der Waals surface area contributed by atoms with Crippen molar-refractivity contribution in [1.82, 2.24) is 5.32 Å². The summed E-state index contributed by atoms with van der Waals surface area (Å²) in [5.41, 5.74) is 0.707. The highest BCUT2D eigenvalue weighted by molar-refractivity contribution is 5.92. The number of amides is 1. The number of benzene rings is 1. The molecule has 16 heavy (non-hydrogen) atoms. The summed E-state index contributed by atoms with van der Waals surface area (Å²) in [5, 5.41) is 5.84. The van der Waals surface area contributed by atoms with E-state index >= 15 is 0 Å². The van der Waals surface area contributed by atoms with Crippen LogP contribution in [0.25, 0.3) is 0 Å².